The van der Waals surface area contributed by atoms with Gasteiger partial charge in [0.15, 0.2) is 0 Å². The van der Waals surface area contributed by atoms with E-state index in [4.69, 9.17) is 4.74 Å². The van der Waals surface area contributed by atoms with Crippen LogP contribution in [0.5, 0.6) is 5.75 Å². The van der Waals surface area contributed by atoms with Crippen LogP contribution in [-0.2, 0) is 22.6 Å². The number of imide groups is 1. The third kappa shape index (κ3) is 4.93. The molecule has 0 aliphatic carbocycles. The van der Waals surface area contributed by atoms with Gasteiger partial charge in [0.05, 0.1) is 13.7 Å². The maximum Gasteiger partial charge on any atom is 0.325 e. The summed E-state index contributed by atoms with van der Waals surface area (Å²) in [7, 11) is 1.58. The van der Waals surface area contributed by atoms with Crippen molar-refractivity contribution in [2.45, 2.75) is 38.8 Å². The highest BCUT2D eigenvalue weighted by atomic mass is 16.5. The van der Waals surface area contributed by atoms with Gasteiger partial charge in [0.25, 0.3) is 5.91 Å². The molecule has 152 valence electrons. The molecule has 2 aromatic rings. The van der Waals surface area contributed by atoms with Gasteiger partial charge in [0.1, 0.15) is 11.8 Å². The van der Waals surface area contributed by atoms with Gasteiger partial charge in [-0.2, -0.15) is 0 Å². The van der Waals surface area contributed by atoms with Crippen LogP contribution in [0.3, 0.4) is 0 Å². The third-order valence-electron chi connectivity index (χ3n) is 4.94. The smallest absolute Gasteiger partial charge is 0.325 e. The van der Waals surface area contributed by atoms with Gasteiger partial charge < -0.3 is 15.4 Å². The first-order valence-electron chi connectivity index (χ1n) is 9.64. The zero-order valence-electron chi connectivity index (χ0n) is 16.6. The van der Waals surface area contributed by atoms with Crippen LogP contribution < -0.4 is 15.4 Å². The van der Waals surface area contributed by atoms with Crippen LogP contribution in [0.1, 0.15) is 30.9 Å². The molecule has 1 fully saturated rings. The van der Waals surface area contributed by atoms with Crippen molar-refractivity contribution in [2.24, 2.45) is 0 Å². The zero-order chi connectivity index (χ0) is 20.8. The first kappa shape index (κ1) is 20.4. The minimum atomic E-state index is -0.687. The van der Waals surface area contributed by atoms with E-state index in [0.29, 0.717) is 5.75 Å². The van der Waals surface area contributed by atoms with Crippen molar-refractivity contribution in [3.63, 3.8) is 0 Å². The average Bonchev–Trinajstić information content (AvgIpc) is 3.00. The molecule has 1 aliphatic heterocycles. The highest BCUT2D eigenvalue weighted by Gasteiger charge is 2.37. The van der Waals surface area contributed by atoms with Gasteiger partial charge in [-0.15, -0.1) is 0 Å². The molecule has 0 unspecified atom stereocenters. The molecule has 0 aromatic heterocycles. The summed E-state index contributed by atoms with van der Waals surface area (Å²) in [5.74, 6) is 0.216. The van der Waals surface area contributed by atoms with Crippen LogP contribution >= 0.6 is 0 Å². The number of methoxy groups -OCH3 is 1. The lowest BCUT2D eigenvalue weighted by atomic mass is 10.1. The zero-order valence-corrected chi connectivity index (χ0v) is 16.6. The Bertz CT molecular complexity index is 895. The number of carbonyl (C=O) groups is 3. The van der Waals surface area contributed by atoms with Crippen molar-refractivity contribution in [2.75, 3.05) is 12.4 Å². The van der Waals surface area contributed by atoms with E-state index < -0.39 is 12.1 Å². The maximum atomic E-state index is 12.6. The molecule has 1 atom stereocenters. The molecular formula is C22H25N3O4. The van der Waals surface area contributed by atoms with Gasteiger partial charge in [-0.05, 0) is 42.2 Å². The second kappa shape index (κ2) is 9.23. The Balaban J connectivity index is 1.54. The molecule has 1 aliphatic rings. The number of hydrogen-bond acceptors (Lipinski definition) is 4. The van der Waals surface area contributed by atoms with Crippen LogP contribution in [0.2, 0.25) is 0 Å². The van der Waals surface area contributed by atoms with E-state index in [2.05, 4.69) is 10.6 Å². The van der Waals surface area contributed by atoms with E-state index in [1.165, 1.54) is 4.90 Å². The predicted octanol–water partition coefficient (Wildman–Crippen LogP) is 3.10. The predicted molar refractivity (Wildman–Crippen MR) is 110 cm³/mol. The van der Waals surface area contributed by atoms with Crippen molar-refractivity contribution < 1.29 is 19.1 Å². The molecule has 29 heavy (non-hydrogen) atoms. The Morgan fingerprint density at radius 3 is 2.55 bits per heavy atom. The third-order valence-corrected chi connectivity index (χ3v) is 4.94. The lowest BCUT2D eigenvalue weighted by molar-refractivity contribution is -0.128. The molecule has 1 saturated heterocycles. The summed E-state index contributed by atoms with van der Waals surface area (Å²) in [5, 5.41) is 5.56. The summed E-state index contributed by atoms with van der Waals surface area (Å²) in [6.45, 7) is 2.20. The van der Waals surface area contributed by atoms with Crippen molar-refractivity contribution in [1.29, 1.82) is 0 Å². The Kier molecular flexibility index (Phi) is 6.49. The van der Waals surface area contributed by atoms with Gasteiger partial charge in [0.2, 0.25) is 5.91 Å². The SMILES string of the molecule is CCc1ccccc1NC(=O)CC[C@H]1NC(=O)N(Cc2ccc(OC)cc2)C1=O. The molecule has 0 bridgehead atoms. The minimum Gasteiger partial charge on any atom is -0.497 e. The van der Waals surface area contributed by atoms with Crippen molar-refractivity contribution in [3.05, 3.63) is 59.7 Å². The van der Waals surface area contributed by atoms with Crippen LogP contribution in [-0.4, -0.2) is 35.9 Å². The summed E-state index contributed by atoms with van der Waals surface area (Å²) in [4.78, 5) is 38.3. The number of amides is 4. The lowest BCUT2D eigenvalue weighted by Gasteiger charge is -2.14. The minimum absolute atomic E-state index is 0.144. The number of benzene rings is 2. The maximum absolute atomic E-state index is 12.6. The molecule has 0 spiro atoms. The number of anilines is 1. The molecular weight excluding hydrogens is 370 g/mol. The van der Waals surface area contributed by atoms with Crippen molar-refractivity contribution in [1.82, 2.24) is 10.2 Å². The number of urea groups is 1. The topological polar surface area (TPSA) is 87.7 Å². The number of aryl methyl sites for hydroxylation is 1. The fraction of sp³-hybridized carbons (Fsp3) is 0.318. The van der Waals surface area contributed by atoms with E-state index >= 15 is 0 Å². The van der Waals surface area contributed by atoms with Gasteiger partial charge in [0, 0.05) is 12.1 Å². The largest absolute Gasteiger partial charge is 0.497 e. The first-order chi connectivity index (χ1) is 14.0. The highest BCUT2D eigenvalue weighted by Crippen LogP contribution is 2.19. The van der Waals surface area contributed by atoms with Crippen LogP contribution in [0.4, 0.5) is 10.5 Å². The Labute approximate surface area is 170 Å². The Morgan fingerprint density at radius 2 is 1.86 bits per heavy atom. The van der Waals surface area contributed by atoms with Crippen LogP contribution in [0, 0.1) is 0 Å². The monoisotopic (exact) mass is 395 g/mol. The van der Waals surface area contributed by atoms with Crippen LogP contribution in [0.15, 0.2) is 48.5 Å². The number of para-hydroxylation sites is 1. The van der Waals surface area contributed by atoms with E-state index in [1.807, 2.05) is 43.3 Å². The second-order valence-corrected chi connectivity index (χ2v) is 6.87. The quantitative estimate of drug-likeness (QED) is 0.673. The van der Waals surface area contributed by atoms with Gasteiger partial charge in [-0.25, -0.2) is 4.79 Å². The summed E-state index contributed by atoms with van der Waals surface area (Å²) in [6.07, 6.45) is 1.21. The van der Waals surface area contributed by atoms with E-state index in [1.54, 1.807) is 19.2 Å². The average molecular weight is 395 g/mol. The molecule has 2 N–H and O–H groups in total. The standard InChI is InChI=1S/C22H25N3O4/c1-3-16-6-4-5-7-18(16)23-20(26)13-12-19-21(27)25(22(28)24-19)14-15-8-10-17(29-2)11-9-15/h4-11,19H,3,12-14H2,1-2H3,(H,23,26)(H,24,28)/t19-/m1/s1. The molecule has 7 heteroatoms. The number of hydrogen-bond donors (Lipinski definition) is 2. The van der Waals surface area contributed by atoms with E-state index in [-0.39, 0.29) is 31.2 Å². The number of carbonyl (C=O) groups excluding carboxylic acids is 3. The molecule has 0 radical (unpaired) electrons. The summed E-state index contributed by atoms with van der Waals surface area (Å²) >= 11 is 0. The number of nitrogens with one attached hydrogen (secondary N) is 2. The molecule has 0 saturated carbocycles. The normalized spacial score (nSPS) is 15.9. The van der Waals surface area contributed by atoms with Gasteiger partial charge in [-0.1, -0.05) is 37.3 Å². The molecule has 7 nitrogen and oxygen atoms in total. The fourth-order valence-corrected chi connectivity index (χ4v) is 3.27. The number of ether oxygens (including phenoxy) is 1. The molecule has 4 amide bonds. The van der Waals surface area contributed by atoms with Crippen molar-refractivity contribution in [3.8, 4) is 5.75 Å². The molecule has 1 heterocycles. The first-order valence-corrected chi connectivity index (χ1v) is 9.64. The second-order valence-electron chi connectivity index (χ2n) is 6.87. The van der Waals surface area contributed by atoms with E-state index in [9.17, 15) is 14.4 Å². The van der Waals surface area contributed by atoms with Crippen LogP contribution in [0.25, 0.3) is 0 Å². The Hall–Kier alpha value is -3.35. The summed E-state index contributed by atoms with van der Waals surface area (Å²) in [6, 6.07) is 13.7. The number of nitrogens with zero attached hydrogens (tertiary/aromatic N) is 1. The summed E-state index contributed by atoms with van der Waals surface area (Å²) < 4.78 is 5.11. The Morgan fingerprint density at radius 1 is 1.14 bits per heavy atom. The number of rotatable bonds is 8. The molecule has 3 rings (SSSR count). The summed E-state index contributed by atoms with van der Waals surface area (Å²) in [5.41, 5.74) is 2.66. The van der Waals surface area contributed by atoms with Crippen molar-refractivity contribution >= 4 is 23.5 Å². The van der Waals surface area contributed by atoms with Gasteiger partial charge >= 0.3 is 6.03 Å². The molecule has 2 aromatic carbocycles. The van der Waals surface area contributed by atoms with E-state index in [0.717, 1.165) is 23.2 Å². The van der Waals surface area contributed by atoms with Gasteiger partial charge in [-0.3, -0.25) is 14.5 Å². The lowest BCUT2D eigenvalue weighted by Crippen LogP contribution is -2.31. The highest BCUT2D eigenvalue weighted by molar-refractivity contribution is 6.04. The fourth-order valence-electron chi connectivity index (χ4n) is 3.27.